The zero-order chi connectivity index (χ0) is 10.7. The number of hydrogen-bond donors (Lipinski definition) is 0. The van der Waals surface area contributed by atoms with Crippen molar-refractivity contribution in [2.45, 2.75) is 13.3 Å². The molecule has 0 radical (unpaired) electrons. The average Bonchev–Trinajstić information content (AvgIpc) is 2.29. The van der Waals surface area contributed by atoms with Gasteiger partial charge in [-0.25, -0.2) is 0 Å². The van der Waals surface area contributed by atoms with Crippen LogP contribution in [0.1, 0.15) is 12.5 Å². The van der Waals surface area contributed by atoms with Gasteiger partial charge >= 0.3 is 0 Å². The van der Waals surface area contributed by atoms with Crippen molar-refractivity contribution in [3.8, 4) is 0 Å². The summed E-state index contributed by atoms with van der Waals surface area (Å²) in [5, 5.41) is 0. The molecule has 1 heterocycles. The highest BCUT2D eigenvalue weighted by Gasteiger charge is 2.03. The minimum absolute atomic E-state index is 0.0547. The summed E-state index contributed by atoms with van der Waals surface area (Å²) in [6, 6.07) is 5.93. The number of hydrogen-bond acceptors (Lipinski definition) is 3. The second-order valence-electron chi connectivity index (χ2n) is 3.70. The Morgan fingerprint density at radius 2 is 2.00 bits per heavy atom. The molecule has 0 aliphatic heterocycles. The van der Waals surface area contributed by atoms with Crippen LogP contribution in [0.2, 0.25) is 0 Å². The number of fused-ring (bicyclic) bond motifs is 1. The van der Waals surface area contributed by atoms with Crippen LogP contribution in [0.3, 0.4) is 0 Å². The van der Waals surface area contributed by atoms with Crippen LogP contribution >= 0.6 is 0 Å². The predicted octanol–water partition coefficient (Wildman–Crippen LogP) is 2.01. The molecular weight excluding hydrogens is 188 g/mol. The van der Waals surface area contributed by atoms with Gasteiger partial charge in [0.25, 0.3) is 0 Å². The molecule has 1 aromatic heterocycles. The lowest BCUT2D eigenvalue weighted by Gasteiger charge is -2.04. The zero-order valence-electron chi connectivity index (χ0n) is 8.55. The van der Waals surface area contributed by atoms with Gasteiger partial charge in [-0.15, -0.1) is 0 Å². The number of aromatic nitrogens is 2. The number of carbonyl (C=O) groups is 1. The third kappa shape index (κ3) is 2.18. The third-order valence-electron chi connectivity index (χ3n) is 2.32. The van der Waals surface area contributed by atoms with E-state index in [1.165, 1.54) is 0 Å². The van der Waals surface area contributed by atoms with Crippen molar-refractivity contribution in [2.75, 3.05) is 0 Å². The highest BCUT2D eigenvalue weighted by atomic mass is 16.1. The smallest absolute Gasteiger partial charge is 0.123 e. The average molecular weight is 200 g/mol. The summed E-state index contributed by atoms with van der Waals surface area (Å²) in [4.78, 5) is 19.0. The summed E-state index contributed by atoms with van der Waals surface area (Å²) in [6.45, 7) is 1.91. The van der Waals surface area contributed by atoms with E-state index in [4.69, 9.17) is 0 Å². The van der Waals surface area contributed by atoms with Crippen molar-refractivity contribution >= 4 is 17.3 Å². The lowest BCUT2D eigenvalue weighted by Crippen LogP contribution is -2.00. The number of rotatable bonds is 3. The minimum Gasteiger partial charge on any atom is -0.303 e. The molecule has 0 spiro atoms. The number of aldehydes is 1. The summed E-state index contributed by atoms with van der Waals surface area (Å²) < 4.78 is 0. The first-order valence-electron chi connectivity index (χ1n) is 4.94. The number of carbonyl (C=O) groups excluding carboxylic acids is 1. The molecule has 0 saturated heterocycles. The molecule has 15 heavy (non-hydrogen) atoms. The van der Waals surface area contributed by atoms with Crippen LogP contribution in [0.5, 0.6) is 0 Å². The maximum Gasteiger partial charge on any atom is 0.123 e. The molecule has 0 N–H and O–H groups in total. The van der Waals surface area contributed by atoms with Gasteiger partial charge in [-0.2, -0.15) is 0 Å². The first kappa shape index (κ1) is 9.77. The van der Waals surface area contributed by atoms with Crippen LogP contribution in [-0.2, 0) is 11.2 Å². The van der Waals surface area contributed by atoms with Crippen molar-refractivity contribution in [1.82, 2.24) is 9.97 Å². The molecule has 1 atom stereocenters. The van der Waals surface area contributed by atoms with Gasteiger partial charge in [0.05, 0.1) is 11.0 Å². The first-order chi connectivity index (χ1) is 7.29. The molecule has 1 aromatic carbocycles. The maximum absolute atomic E-state index is 10.5. The Kier molecular flexibility index (Phi) is 2.72. The van der Waals surface area contributed by atoms with E-state index in [0.717, 1.165) is 29.3 Å². The molecule has 76 valence electrons. The molecule has 0 aliphatic rings. The van der Waals surface area contributed by atoms with Gasteiger partial charge in [-0.1, -0.05) is 13.0 Å². The summed E-state index contributed by atoms with van der Waals surface area (Å²) in [6.07, 6.45) is 5.09. The fourth-order valence-electron chi connectivity index (χ4n) is 1.56. The SMILES string of the molecule is C[C@H](C=O)Cc1ccc2nccnc2c1. The summed E-state index contributed by atoms with van der Waals surface area (Å²) in [5.41, 5.74) is 2.90. The lowest BCUT2D eigenvalue weighted by atomic mass is 10.0. The molecule has 0 amide bonds. The fraction of sp³-hybridized carbons (Fsp3) is 0.250. The van der Waals surface area contributed by atoms with E-state index >= 15 is 0 Å². The van der Waals surface area contributed by atoms with Gasteiger partial charge in [0.1, 0.15) is 6.29 Å². The molecule has 2 rings (SSSR count). The van der Waals surface area contributed by atoms with Crippen molar-refractivity contribution in [3.63, 3.8) is 0 Å². The largest absolute Gasteiger partial charge is 0.303 e. The number of nitrogens with zero attached hydrogens (tertiary/aromatic N) is 2. The zero-order valence-corrected chi connectivity index (χ0v) is 8.55. The number of benzene rings is 1. The van der Waals surface area contributed by atoms with Gasteiger partial charge < -0.3 is 4.79 Å². The van der Waals surface area contributed by atoms with E-state index in [-0.39, 0.29) is 5.92 Å². The van der Waals surface area contributed by atoms with Gasteiger partial charge in [0, 0.05) is 18.3 Å². The second kappa shape index (κ2) is 4.17. The lowest BCUT2D eigenvalue weighted by molar-refractivity contribution is -0.110. The molecule has 0 saturated carbocycles. The summed E-state index contributed by atoms with van der Waals surface area (Å²) in [7, 11) is 0. The Morgan fingerprint density at radius 3 is 2.73 bits per heavy atom. The van der Waals surface area contributed by atoms with E-state index in [1.807, 2.05) is 25.1 Å². The molecule has 3 heteroatoms. The second-order valence-corrected chi connectivity index (χ2v) is 3.70. The van der Waals surface area contributed by atoms with Crippen molar-refractivity contribution in [2.24, 2.45) is 5.92 Å². The van der Waals surface area contributed by atoms with Gasteiger partial charge in [-0.3, -0.25) is 9.97 Å². The van der Waals surface area contributed by atoms with Crippen molar-refractivity contribution in [1.29, 1.82) is 0 Å². The van der Waals surface area contributed by atoms with Crippen LogP contribution in [-0.4, -0.2) is 16.3 Å². The Balaban J connectivity index is 2.34. The monoisotopic (exact) mass is 200 g/mol. The molecule has 3 nitrogen and oxygen atoms in total. The minimum atomic E-state index is 0.0547. The van der Waals surface area contributed by atoms with Crippen LogP contribution in [0.4, 0.5) is 0 Å². The van der Waals surface area contributed by atoms with Crippen LogP contribution in [0.25, 0.3) is 11.0 Å². The Hall–Kier alpha value is -1.77. The molecule has 0 bridgehead atoms. The predicted molar refractivity (Wildman–Crippen MR) is 58.5 cm³/mol. The van der Waals surface area contributed by atoms with Crippen LogP contribution < -0.4 is 0 Å². The van der Waals surface area contributed by atoms with E-state index in [1.54, 1.807) is 12.4 Å². The molecule has 0 unspecified atom stereocenters. The normalized spacial score (nSPS) is 12.6. The Labute approximate surface area is 88.2 Å². The van der Waals surface area contributed by atoms with Gasteiger partial charge in [0.2, 0.25) is 0 Å². The van der Waals surface area contributed by atoms with Gasteiger partial charge in [-0.05, 0) is 24.1 Å². The van der Waals surface area contributed by atoms with Crippen molar-refractivity contribution < 1.29 is 4.79 Å². The maximum atomic E-state index is 10.5. The van der Waals surface area contributed by atoms with E-state index in [9.17, 15) is 4.79 Å². The summed E-state index contributed by atoms with van der Waals surface area (Å²) in [5.74, 6) is 0.0547. The van der Waals surface area contributed by atoms with Crippen LogP contribution in [0, 0.1) is 5.92 Å². The topological polar surface area (TPSA) is 42.9 Å². The van der Waals surface area contributed by atoms with Crippen LogP contribution in [0.15, 0.2) is 30.6 Å². The molecule has 2 aromatic rings. The highest BCUT2D eigenvalue weighted by Crippen LogP contribution is 2.13. The quantitative estimate of drug-likeness (QED) is 0.712. The summed E-state index contributed by atoms with van der Waals surface area (Å²) >= 11 is 0. The molecule has 0 aliphatic carbocycles. The Morgan fingerprint density at radius 1 is 1.27 bits per heavy atom. The highest BCUT2D eigenvalue weighted by molar-refractivity contribution is 5.74. The first-order valence-corrected chi connectivity index (χ1v) is 4.94. The van der Waals surface area contributed by atoms with Crippen molar-refractivity contribution in [3.05, 3.63) is 36.2 Å². The standard InChI is InChI=1S/C12H12N2O/c1-9(8-15)6-10-2-3-11-12(7-10)14-5-4-13-11/h2-5,7-9H,6H2,1H3/t9-/m0/s1. The molecular formula is C12H12N2O. The third-order valence-corrected chi connectivity index (χ3v) is 2.32. The Bertz CT molecular complexity index is 482. The molecule has 0 fully saturated rings. The van der Waals surface area contributed by atoms with E-state index in [2.05, 4.69) is 9.97 Å². The van der Waals surface area contributed by atoms with Gasteiger partial charge in [0.15, 0.2) is 0 Å². The van der Waals surface area contributed by atoms with E-state index in [0.29, 0.717) is 0 Å². The van der Waals surface area contributed by atoms with E-state index < -0.39 is 0 Å². The fourth-order valence-corrected chi connectivity index (χ4v) is 1.56.